The largest absolute Gasteiger partial charge is 0.226 e. The lowest BCUT2D eigenvalue weighted by Gasteiger charge is -2.49. The first-order valence-electron chi connectivity index (χ1n) is 4.70. The summed E-state index contributed by atoms with van der Waals surface area (Å²) in [6.45, 7) is 1.68. The van der Waals surface area contributed by atoms with E-state index in [0.717, 1.165) is 0 Å². The second-order valence-electron chi connectivity index (χ2n) is 3.72. The zero-order chi connectivity index (χ0) is 16.8. The fraction of sp³-hybridized carbons (Fsp3) is 1.00. The first kappa shape index (κ1) is 23.5. The summed E-state index contributed by atoms with van der Waals surface area (Å²) in [7, 11) is 0. The first-order chi connectivity index (χ1) is 8.48. The SMILES string of the molecule is CCC(Cl)C(Cl)(Cl)C(Cl)(Cl)C(Cl)(Cl)C(Cl)(Cl)C(Cl)(Cl)Cl. The third-order valence-electron chi connectivity index (χ3n) is 2.32. The summed E-state index contributed by atoms with van der Waals surface area (Å²) >= 11 is 71.2. The van der Waals surface area contributed by atoms with E-state index in [2.05, 4.69) is 0 Å². The minimum atomic E-state index is -2.50. The molecular weight excluding hydrogens is 522 g/mol. The van der Waals surface area contributed by atoms with Crippen molar-refractivity contribution in [1.82, 2.24) is 0 Å². The molecule has 0 nitrogen and oxygen atoms in total. The van der Waals surface area contributed by atoms with E-state index in [4.69, 9.17) is 139 Å². The van der Waals surface area contributed by atoms with Crippen molar-refractivity contribution in [2.75, 3.05) is 0 Å². The van der Waals surface area contributed by atoms with Crippen molar-refractivity contribution in [2.24, 2.45) is 0 Å². The van der Waals surface area contributed by atoms with Crippen molar-refractivity contribution >= 4 is 139 Å². The summed E-state index contributed by atoms with van der Waals surface area (Å²) in [5, 5.41) is -0.947. The van der Waals surface area contributed by atoms with Crippen LogP contribution in [0.15, 0.2) is 0 Å². The second-order valence-corrected chi connectivity index (χ2v) is 11.9. The average Bonchev–Trinajstić information content (AvgIpc) is 2.25. The minimum Gasteiger partial charge on any atom is -0.120 e. The Kier molecular flexibility index (Phi) is 8.67. The molecule has 12 heteroatoms. The maximum atomic E-state index is 6.09. The molecule has 0 spiro atoms. The molecule has 1 unspecified atom stereocenters. The van der Waals surface area contributed by atoms with E-state index in [-0.39, 0.29) is 6.42 Å². The molecule has 0 aromatic rings. The van der Waals surface area contributed by atoms with E-state index in [1.54, 1.807) is 6.92 Å². The van der Waals surface area contributed by atoms with Crippen LogP contribution in [0.4, 0.5) is 0 Å². The lowest BCUT2D eigenvalue weighted by Crippen LogP contribution is -2.63. The fourth-order valence-electron chi connectivity index (χ4n) is 1.04. The van der Waals surface area contributed by atoms with Gasteiger partial charge in [-0.3, -0.25) is 0 Å². The normalized spacial score (nSPS) is 17.2. The van der Waals surface area contributed by atoms with Crippen LogP contribution in [0.25, 0.3) is 0 Å². The van der Waals surface area contributed by atoms with Gasteiger partial charge in [-0.15, -0.1) is 11.6 Å². The first-order valence-corrected chi connectivity index (χ1v) is 9.30. The zero-order valence-corrected chi connectivity index (χ0v) is 18.4. The van der Waals surface area contributed by atoms with E-state index in [1.165, 1.54) is 0 Å². The molecule has 0 fully saturated rings. The molecule has 0 aromatic carbocycles. The number of hydrogen-bond donors (Lipinski definition) is 0. The van der Waals surface area contributed by atoms with E-state index in [0.29, 0.717) is 0 Å². The van der Waals surface area contributed by atoms with E-state index in [9.17, 15) is 0 Å². The zero-order valence-electron chi connectivity index (χ0n) is 9.32. The molecule has 0 radical (unpaired) electrons. The third kappa shape index (κ3) is 4.00. The number of hydrogen-bond acceptors (Lipinski definition) is 0. The quantitative estimate of drug-likeness (QED) is 0.317. The molecular formula is C8H6Cl12. The highest BCUT2D eigenvalue weighted by Gasteiger charge is 2.74. The van der Waals surface area contributed by atoms with Crippen molar-refractivity contribution in [2.45, 2.75) is 39.8 Å². The molecule has 20 heavy (non-hydrogen) atoms. The Labute approximate surface area is 177 Å². The van der Waals surface area contributed by atoms with E-state index in [1.807, 2.05) is 0 Å². The summed E-state index contributed by atoms with van der Waals surface area (Å²) in [6, 6.07) is 0. The lowest BCUT2D eigenvalue weighted by molar-refractivity contribution is 0.509. The molecule has 1 atom stereocenters. The van der Waals surface area contributed by atoms with Crippen LogP contribution in [-0.2, 0) is 0 Å². The molecule has 0 amide bonds. The highest BCUT2D eigenvalue weighted by molar-refractivity contribution is 6.81. The van der Waals surface area contributed by atoms with Gasteiger partial charge in [0.05, 0.1) is 5.38 Å². The molecule has 0 saturated heterocycles. The second kappa shape index (κ2) is 7.38. The third-order valence-corrected chi connectivity index (χ3v) is 10.3. The molecule has 0 saturated carbocycles. The van der Waals surface area contributed by atoms with Crippen molar-refractivity contribution in [3.63, 3.8) is 0 Å². The summed E-state index contributed by atoms with van der Waals surface area (Å²) in [5.41, 5.74) is 0. The minimum absolute atomic E-state index is 0.283. The predicted molar refractivity (Wildman–Crippen MR) is 98.0 cm³/mol. The Morgan fingerprint density at radius 3 is 1.25 bits per heavy atom. The Morgan fingerprint density at radius 2 is 1.00 bits per heavy atom. The molecule has 0 rings (SSSR count). The van der Waals surface area contributed by atoms with E-state index >= 15 is 0 Å². The molecule has 0 aliphatic carbocycles. The van der Waals surface area contributed by atoms with Gasteiger partial charge in [-0.05, 0) is 6.42 Å². The summed E-state index contributed by atoms with van der Waals surface area (Å²) in [5.74, 6) is 0. The molecule has 0 aromatic heterocycles. The topological polar surface area (TPSA) is 0 Å². The van der Waals surface area contributed by atoms with E-state index < -0.39 is 26.5 Å². The van der Waals surface area contributed by atoms with Crippen LogP contribution in [0.5, 0.6) is 0 Å². The van der Waals surface area contributed by atoms with Gasteiger partial charge in [0.25, 0.3) is 0 Å². The van der Waals surface area contributed by atoms with Gasteiger partial charge in [0, 0.05) is 0 Å². The molecule has 0 aliphatic rings. The van der Waals surface area contributed by atoms with Gasteiger partial charge in [-0.1, -0.05) is 135 Å². The van der Waals surface area contributed by atoms with Crippen molar-refractivity contribution in [3.05, 3.63) is 0 Å². The lowest BCUT2D eigenvalue weighted by atomic mass is 10.1. The predicted octanol–water partition coefficient (Wildman–Crippen LogP) is 8.07. The summed E-state index contributed by atoms with van der Waals surface area (Å²) < 4.78 is -11.8. The van der Waals surface area contributed by atoms with Gasteiger partial charge in [-0.25, -0.2) is 0 Å². The smallest absolute Gasteiger partial charge is 0.120 e. The molecule has 0 heterocycles. The Hall–Kier alpha value is 3.48. The van der Waals surface area contributed by atoms with Gasteiger partial charge < -0.3 is 0 Å². The number of rotatable bonds is 5. The number of halogens is 12. The van der Waals surface area contributed by atoms with Crippen LogP contribution in [0.1, 0.15) is 13.3 Å². The monoisotopic (exact) mass is 522 g/mol. The van der Waals surface area contributed by atoms with Gasteiger partial charge in [0.2, 0.25) is 8.13 Å². The van der Waals surface area contributed by atoms with Gasteiger partial charge in [-0.2, -0.15) is 0 Å². The van der Waals surface area contributed by atoms with Crippen LogP contribution >= 0.6 is 139 Å². The Morgan fingerprint density at radius 1 is 0.650 bits per heavy atom. The Bertz CT molecular complexity index is 340. The summed E-state index contributed by atoms with van der Waals surface area (Å²) in [6.07, 6.45) is 0.283. The van der Waals surface area contributed by atoms with Crippen molar-refractivity contribution in [1.29, 1.82) is 0 Å². The number of alkyl halides is 12. The molecule has 0 bridgehead atoms. The Balaban J connectivity index is 5.94. The van der Waals surface area contributed by atoms with Crippen LogP contribution in [0.2, 0.25) is 0 Å². The van der Waals surface area contributed by atoms with Gasteiger partial charge in [0.1, 0.15) is 0 Å². The maximum Gasteiger partial charge on any atom is 0.226 e. The maximum absolute atomic E-state index is 6.09. The molecule has 122 valence electrons. The standard InChI is InChI=1S/C8H6Cl12/c1-2-3(9)4(10,11)5(12,13)6(14,15)7(16,17)8(18,19)20/h3H,2H2,1H3. The van der Waals surface area contributed by atoms with Gasteiger partial charge in [0.15, 0.2) is 13.0 Å². The highest BCUT2D eigenvalue weighted by atomic mass is 35.6. The highest BCUT2D eigenvalue weighted by Crippen LogP contribution is 2.67. The van der Waals surface area contributed by atoms with Crippen LogP contribution in [0, 0.1) is 0 Å². The van der Waals surface area contributed by atoms with Crippen molar-refractivity contribution < 1.29 is 0 Å². The summed E-state index contributed by atoms with van der Waals surface area (Å²) in [4.78, 5) is 0. The molecule has 0 N–H and O–H groups in total. The van der Waals surface area contributed by atoms with Crippen LogP contribution in [0.3, 0.4) is 0 Å². The van der Waals surface area contributed by atoms with Gasteiger partial charge >= 0.3 is 0 Å². The van der Waals surface area contributed by atoms with Crippen LogP contribution < -0.4 is 0 Å². The van der Waals surface area contributed by atoms with Crippen LogP contribution in [-0.4, -0.2) is 26.5 Å². The fourth-order valence-corrected chi connectivity index (χ4v) is 4.42. The molecule has 0 aliphatic heterocycles. The van der Waals surface area contributed by atoms with Crippen molar-refractivity contribution in [3.8, 4) is 0 Å². The average molecular weight is 528 g/mol.